The fourth-order valence-corrected chi connectivity index (χ4v) is 2.89. The molecule has 1 aromatic rings. The summed E-state index contributed by atoms with van der Waals surface area (Å²) in [5, 5.41) is 0. The molecule has 1 aromatic carbocycles. The molecule has 3 heteroatoms. The first-order valence-electron chi connectivity index (χ1n) is 8.05. The maximum absolute atomic E-state index is 13.0. The molecular weight excluding hydrogens is 260 g/mol. The van der Waals surface area contributed by atoms with Gasteiger partial charge < -0.3 is 10.6 Å². The van der Waals surface area contributed by atoms with Gasteiger partial charge in [0.05, 0.1) is 0 Å². The van der Waals surface area contributed by atoms with Crippen molar-refractivity contribution in [1.82, 2.24) is 4.90 Å². The molecule has 21 heavy (non-hydrogen) atoms. The normalized spacial score (nSPS) is 15.6. The number of carbonyl (C=O) groups is 1. The van der Waals surface area contributed by atoms with Gasteiger partial charge in [-0.05, 0) is 49.3 Å². The standard InChI is InChI=1S/C18H28N2O/c1-18(2,3)16-11-5-4-10-15(16)17(21)20(13-7-12-19)14-8-6-9-14/h4-5,10-11,14H,6-9,12-13,19H2,1-3H3. The Kier molecular flexibility index (Phi) is 5.04. The molecule has 0 atom stereocenters. The Morgan fingerprint density at radius 2 is 1.95 bits per heavy atom. The van der Waals surface area contributed by atoms with Crippen LogP contribution in [0.3, 0.4) is 0 Å². The van der Waals surface area contributed by atoms with E-state index in [-0.39, 0.29) is 11.3 Å². The Balaban J connectivity index is 2.28. The molecule has 0 saturated heterocycles. The van der Waals surface area contributed by atoms with E-state index in [0.717, 1.165) is 36.9 Å². The van der Waals surface area contributed by atoms with Crippen LogP contribution in [0.5, 0.6) is 0 Å². The number of amides is 1. The largest absolute Gasteiger partial charge is 0.336 e. The summed E-state index contributed by atoms with van der Waals surface area (Å²) in [4.78, 5) is 15.1. The van der Waals surface area contributed by atoms with Crippen LogP contribution in [0.25, 0.3) is 0 Å². The number of hydrogen-bond donors (Lipinski definition) is 1. The van der Waals surface area contributed by atoms with Crippen LogP contribution in [-0.2, 0) is 5.41 Å². The van der Waals surface area contributed by atoms with Gasteiger partial charge in [-0.3, -0.25) is 4.79 Å². The molecule has 0 bridgehead atoms. The molecule has 1 saturated carbocycles. The molecule has 1 amide bonds. The van der Waals surface area contributed by atoms with E-state index in [1.54, 1.807) is 0 Å². The minimum atomic E-state index is -0.0224. The van der Waals surface area contributed by atoms with Gasteiger partial charge in [0.15, 0.2) is 0 Å². The summed E-state index contributed by atoms with van der Waals surface area (Å²) >= 11 is 0. The molecule has 116 valence electrons. The fourth-order valence-electron chi connectivity index (χ4n) is 2.89. The van der Waals surface area contributed by atoms with E-state index in [9.17, 15) is 4.79 Å². The van der Waals surface area contributed by atoms with Crippen LogP contribution >= 0.6 is 0 Å². The minimum absolute atomic E-state index is 0.0224. The Labute approximate surface area is 128 Å². The number of benzene rings is 1. The molecule has 0 unspecified atom stereocenters. The van der Waals surface area contributed by atoms with Crippen molar-refractivity contribution in [3.05, 3.63) is 35.4 Å². The third-order valence-electron chi connectivity index (χ3n) is 4.34. The first-order chi connectivity index (χ1) is 9.95. The maximum atomic E-state index is 13.0. The molecule has 1 aliphatic rings. The van der Waals surface area contributed by atoms with Gasteiger partial charge in [0.2, 0.25) is 0 Å². The highest BCUT2D eigenvalue weighted by Gasteiger charge is 2.31. The van der Waals surface area contributed by atoms with E-state index in [4.69, 9.17) is 5.73 Å². The Hall–Kier alpha value is -1.35. The smallest absolute Gasteiger partial charge is 0.254 e. The van der Waals surface area contributed by atoms with Crippen molar-refractivity contribution in [1.29, 1.82) is 0 Å². The summed E-state index contributed by atoms with van der Waals surface area (Å²) in [5.41, 5.74) is 7.60. The quantitative estimate of drug-likeness (QED) is 0.903. The predicted octanol–water partition coefficient (Wildman–Crippen LogP) is 3.33. The van der Waals surface area contributed by atoms with Crippen molar-refractivity contribution in [2.45, 2.75) is 57.9 Å². The molecule has 0 spiro atoms. The third kappa shape index (κ3) is 3.65. The molecule has 0 aliphatic heterocycles. The average Bonchev–Trinajstić information content (AvgIpc) is 2.39. The van der Waals surface area contributed by atoms with Gasteiger partial charge in [-0.2, -0.15) is 0 Å². The van der Waals surface area contributed by atoms with Crippen LogP contribution in [-0.4, -0.2) is 29.9 Å². The number of hydrogen-bond acceptors (Lipinski definition) is 2. The number of nitrogens with zero attached hydrogens (tertiary/aromatic N) is 1. The molecule has 0 radical (unpaired) electrons. The van der Waals surface area contributed by atoms with Gasteiger partial charge in [-0.1, -0.05) is 39.0 Å². The van der Waals surface area contributed by atoms with Crippen LogP contribution in [0.2, 0.25) is 0 Å². The van der Waals surface area contributed by atoms with Crippen molar-refractivity contribution in [3.63, 3.8) is 0 Å². The lowest BCUT2D eigenvalue weighted by Gasteiger charge is -2.38. The fraction of sp³-hybridized carbons (Fsp3) is 0.611. The summed E-state index contributed by atoms with van der Waals surface area (Å²) in [6.45, 7) is 7.89. The minimum Gasteiger partial charge on any atom is -0.336 e. The Morgan fingerprint density at radius 3 is 2.48 bits per heavy atom. The van der Waals surface area contributed by atoms with Gasteiger partial charge in [-0.15, -0.1) is 0 Å². The lowest BCUT2D eigenvalue weighted by molar-refractivity contribution is 0.0576. The monoisotopic (exact) mass is 288 g/mol. The van der Waals surface area contributed by atoms with Crippen molar-refractivity contribution in [3.8, 4) is 0 Å². The predicted molar refractivity (Wildman–Crippen MR) is 87.5 cm³/mol. The van der Waals surface area contributed by atoms with Gasteiger partial charge in [0, 0.05) is 18.2 Å². The van der Waals surface area contributed by atoms with E-state index in [1.165, 1.54) is 6.42 Å². The van der Waals surface area contributed by atoms with Crippen LogP contribution in [0.4, 0.5) is 0 Å². The van der Waals surface area contributed by atoms with Crippen LogP contribution < -0.4 is 5.73 Å². The molecule has 0 aromatic heterocycles. The number of nitrogens with two attached hydrogens (primary N) is 1. The SMILES string of the molecule is CC(C)(C)c1ccccc1C(=O)N(CCCN)C1CCC1. The van der Waals surface area contributed by atoms with Crippen molar-refractivity contribution in [2.75, 3.05) is 13.1 Å². The van der Waals surface area contributed by atoms with Crippen molar-refractivity contribution in [2.24, 2.45) is 5.73 Å². The maximum Gasteiger partial charge on any atom is 0.254 e. The zero-order valence-electron chi connectivity index (χ0n) is 13.6. The van der Waals surface area contributed by atoms with E-state index in [1.807, 2.05) is 18.2 Å². The molecule has 1 fully saturated rings. The first-order valence-corrected chi connectivity index (χ1v) is 8.05. The topological polar surface area (TPSA) is 46.3 Å². The molecule has 1 aliphatic carbocycles. The van der Waals surface area contributed by atoms with Gasteiger partial charge in [0.1, 0.15) is 0 Å². The molecule has 3 nitrogen and oxygen atoms in total. The van der Waals surface area contributed by atoms with E-state index < -0.39 is 0 Å². The summed E-state index contributed by atoms with van der Waals surface area (Å²) < 4.78 is 0. The highest BCUT2D eigenvalue weighted by atomic mass is 16.2. The molecule has 2 rings (SSSR count). The summed E-state index contributed by atoms with van der Waals surface area (Å²) in [6.07, 6.45) is 4.37. The Bertz CT molecular complexity index is 486. The van der Waals surface area contributed by atoms with Crippen LogP contribution in [0.15, 0.2) is 24.3 Å². The van der Waals surface area contributed by atoms with Gasteiger partial charge in [-0.25, -0.2) is 0 Å². The number of carbonyl (C=O) groups excluding carboxylic acids is 1. The summed E-state index contributed by atoms with van der Waals surface area (Å²) in [5.74, 6) is 0.179. The second-order valence-corrected chi connectivity index (χ2v) is 7.02. The van der Waals surface area contributed by atoms with Crippen LogP contribution in [0, 0.1) is 0 Å². The number of rotatable bonds is 5. The average molecular weight is 288 g/mol. The van der Waals surface area contributed by atoms with Gasteiger partial charge in [0.25, 0.3) is 5.91 Å². The highest BCUT2D eigenvalue weighted by Crippen LogP contribution is 2.30. The van der Waals surface area contributed by atoms with Crippen LogP contribution in [0.1, 0.15) is 62.4 Å². The highest BCUT2D eigenvalue weighted by molar-refractivity contribution is 5.96. The van der Waals surface area contributed by atoms with Gasteiger partial charge >= 0.3 is 0 Å². The zero-order valence-corrected chi connectivity index (χ0v) is 13.6. The summed E-state index contributed by atoms with van der Waals surface area (Å²) in [6, 6.07) is 8.44. The first kappa shape index (κ1) is 16.0. The lowest BCUT2D eigenvalue weighted by atomic mass is 9.83. The summed E-state index contributed by atoms with van der Waals surface area (Å²) in [7, 11) is 0. The second kappa shape index (κ2) is 6.61. The zero-order chi connectivity index (χ0) is 15.5. The van der Waals surface area contributed by atoms with Crippen molar-refractivity contribution < 1.29 is 4.79 Å². The second-order valence-electron chi connectivity index (χ2n) is 7.02. The Morgan fingerprint density at radius 1 is 1.29 bits per heavy atom. The van der Waals surface area contributed by atoms with Crippen molar-refractivity contribution >= 4 is 5.91 Å². The lowest BCUT2D eigenvalue weighted by Crippen LogP contribution is -2.45. The van der Waals surface area contributed by atoms with E-state index >= 15 is 0 Å². The van der Waals surface area contributed by atoms with E-state index in [2.05, 4.69) is 31.7 Å². The van der Waals surface area contributed by atoms with E-state index in [0.29, 0.717) is 12.6 Å². The molecule has 2 N–H and O–H groups in total. The molecule has 0 heterocycles. The third-order valence-corrected chi connectivity index (χ3v) is 4.34. The molecular formula is C18H28N2O.